The van der Waals surface area contributed by atoms with E-state index in [-0.39, 0.29) is 18.4 Å². The summed E-state index contributed by atoms with van der Waals surface area (Å²) in [4.78, 5) is 25.6. The Kier molecular flexibility index (Phi) is 4.87. The van der Waals surface area contributed by atoms with Crippen LogP contribution in [0.25, 0.3) is 0 Å². The van der Waals surface area contributed by atoms with Gasteiger partial charge in [-0.25, -0.2) is 4.99 Å². The van der Waals surface area contributed by atoms with Gasteiger partial charge in [0.05, 0.1) is 12.2 Å². The largest absolute Gasteiger partial charge is 0.369 e. The third-order valence-electron chi connectivity index (χ3n) is 1.89. The molecule has 0 aliphatic carbocycles. The molecule has 0 aliphatic rings. The molecule has 7 nitrogen and oxygen atoms in total. The predicted molar refractivity (Wildman–Crippen MR) is 64.9 cm³/mol. The topological polar surface area (TPSA) is 120 Å². The lowest BCUT2D eigenvalue weighted by Crippen LogP contribution is -2.27. The Morgan fingerprint density at radius 1 is 1.56 bits per heavy atom. The van der Waals surface area contributed by atoms with Crippen molar-refractivity contribution >= 4 is 23.8 Å². The Hall–Kier alpha value is -2.88. The van der Waals surface area contributed by atoms with Crippen LogP contribution in [0.15, 0.2) is 29.3 Å². The minimum absolute atomic E-state index is 0.0511. The van der Waals surface area contributed by atoms with Crippen molar-refractivity contribution in [2.75, 3.05) is 6.54 Å². The predicted octanol–water partition coefficient (Wildman–Crippen LogP) is -0.368. The summed E-state index contributed by atoms with van der Waals surface area (Å²) >= 11 is 0. The van der Waals surface area contributed by atoms with Gasteiger partial charge < -0.3 is 15.8 Å². The van der Waals surface area contributed by atoms with Crippen molar-refractivity contribution in [1.82, 2.24) is 10.6 Å². The zero-order valence-corrected chi connectivity index (χ0v) is 9.38. The zero-order valence-electron chi connectivity index (χ0n) is 9.38. The van der Waals surface area contributed by atoms with Gasteiger partial charge in [0, 0.05) is 5.56 Å². The van der Waals surface area contributed by atoms with E-state index in [0.717, 1.165) is 0 Å². The first-order valence-electron chi connectivity index (χ1n) is 4.98. The van der Waals surface area contributed by atoms with Gasteiger partial charge in [0.15, 0.2) is 6.19 Å². The van der Waals surface area contributed by atoms with Crippen molar-refractivity contribution in [2.45, 2.75) is 0 Å². The summed E-state index contributed by atoms with van der Waals surface area (Å²) in [6.07, 6.45) is 2.22. The van der Waals surface area contributed by atoms with Crippen LogP contribution in [0.5, 0.6) is 0 Å². The maximum absolute atomic E-state index is 11.5. The Bertz CT molecular complexity index is 518. The van der Waals surface area contributed by atoms with Crippen LogP contribution in [0.1, 0.15) is 10.4 Å². The molecule has 0 spiro atoms. The van der Waals surface area contributed by atoms with E-state index in [1.165, 1.54) is 6.07 Å². The van der Waals surface area contributed by atoms with Crippen molar-refractivity contribution in [2.24, 2.45) is 10.7 Å². The van der Waals surface area contributed by atoms with Crippen molar-refractivity contribution in [3.05, 3.63) is 29.8 Å². The second kappa shape index (κ2) is 6.65. The Labute approximate surface area is 103 Å². The Balaban J connectivity index is 2.86. The van der Waals surface area contributed by atoms with E-state index in [0.29, 0.717) is 17.5 Å². The van der Waals surface area contributed by atoms with Crippen LogP contribution in [-0.4, -0.2) is 24.7 Å². The second-order valence-corrected chi connectivity index (χ2v) is 3.16. The molecule has 0 radical (unpaired) electrons. The summed E-state index contributed by atoms with van der Waals surface area (Å²) < 4.78 is 0. The van der Waals surface area contributed by atoms with Crippen LogP contribution in [0, 0.1) is 11.5 Å². The van der Waals surface area contributed by atoms with Crippen LogP contribution in [0.3, 0.4) is 0 Å². The highest BCUT2D eigenvalue weighted by atomic mass is 16.2. The fourth-order valence-electron chi connectivity index (χ4n) is 1.18. The monoisotopic (exact) mass is 245 g/mol. The number of carbonyl (C=O) groups is 2. The number of nitriles is 1. The molecule has 1 amide bonds. The molecule has 7 heteroatoms. The van der Waals surface area contributed by atoms with E-state index in [2.05, 4.69) is 15.6 Å². The molecule has 0 aromatic heterocycles. The number of hydrogen-bond donors (Lipinski definition) is 3. The lowest BCUT2D eigenvalue weighted by Gasteiger charge is -2.02. The minimum Gasteiger partial charge on any atom is -0.369 e. The van der Waals surface area contributed by atoms with Crippen LogP contribution in [0.2, 0.25) is 0 Å². The molecule has 0 saturated carbocycles. The summed E-state index contributed by atoms with van der Waals surface area (Å²) in [5, 5.41) is 12.9. The lowest BCUT2D eigenvalue weighted by atomic mass is 10.2. The van der Waals surface area contributed by atoms with Crippen molar-refractivity contribution < 1.29 is 9.59 Å². The normalized spacial score (nSPS) is 10.3. The van der Waals surface area contributed by atoms with E-state index in [1.807, 2.05) is 0 Å². The molecule has 92 valence electrons. The number of benzene rings is 1. The van der Waals surface area contributed by atoms with Crippen LogP contribution < -0.4 is 16.4 Å². The molecule has 0 saturated heterocycles. The first-order valence-corrected chi connectivity index (χ1v) is 4.98. The quantitative estimate of drug-likeness (QED) is 0.220. The number of nitrogens with one attached hydrogen (secondary N) is 2. The molecule has 0 bridgehead atoms. The number of guanidine groups is 1. The summed E-state index contributed by atoms with van der Waals surface area (Å²) in [6, 6.07) is 6.32. The molecule has 0 heterocycles. The standard InChI is InChI=1S/C11H11N5O2/c12-7-15-11(13)16-9-3-1-2-8(6-9)10(18)14-4-5-17/h1-3,5-6H,4H2,(H,14,18)(H3,13,15,16). The van der Waals surface area contributed by atoms with Gasteiger partial charge in [-0.15, -0.1) is 0 Å². The number of aldehydes is 1. The van der Waals surface area contributed by atoms with Gasteiger partial charge in [-0.3, -0.25) is 10.1 Å². The molecule has 18 heavy (non-hydrogen) atoms. The van der Waals surface area contributed by atoms with Gasteiger partial charge in [-0.05, 0) is 18.2 Å². The summed E-state index contributed by atoms with van der Waals surface area (Å²) in [5.74, 6) is -0.450. The Morgan fingerprint density at radius 3 is 3.00 bits per heavy atom. The van der Waals surface area contributed by atoms with Crippen LogP contribution in [-0.2, 0) is 4.79 Å². The first-order chi connectivity index (χ1) is 8.67. The number of rotatable bonds is 4. The van der Waals surface area contributed by atoms with Gasteiger partial charge in [-0.2, -0.15) is 5.26 Å². The highest BCUT2D eigenvalue weighted by Crippen LogP contribution is 2.13. The molecule has 1 aromatic rings. The number of aliphatic imine (C=N–C) groups is 1. The number of hydrogen-bond acceptors (Lipinski definition) is 4. The third kappa shape index (κ3) is 3.94. The van der Waals surface area contributed by atoms with Crippen LogP contribution in [0.4, 0.5) is 5.69 Å². The average Bonchev–Trinajstić information content (AvgIpc) is 2.36. The average molecular weight is 245 g/mol. The second-order valence-electron chi connectivity index (χ2n) is 3.16. The Morgan fingerprint density at radius 2 is 2.33 bits per heavy atom. The number of amides is 1. The number of carbonyl (C=O) groups excluding carboxylic acids is 2. The smallest absolute Gasteiger partial charge is 0.251 e. The van der Waals surface area contributed by atoms with Crippen molar-refractivity contribution in [3.8, 4) is 6.19 Å². The van der Waals surface area contributed by atoms with Crippen molar-refractivity contribution in [3.63, 3.8) is 0 Å². The molecule has 0 unspecified atom stereocenters. The number of nitrogens with two attached hydrogens (primary N) is 1. The van der Waals surface area contributed by atoms with Crippen molar-refractivity contribution in [1.29, 1.82) is 5.26 Å². The summed E-state index contributed by atoms with van der Waals surface area (Å²) in [6.45, 7) is -0.0511. The molecular weight excluding hydrogens is 234 g/mol. The van der Waals surface area contributed by atoms with Gasteiger partial charge in [0.1, 0.15) is 6.29 Å². The zero-order chi connectivity index (χ0) is 13.4. The molecule has 0 aliphatic heterocycles. The summed E-state index contributed by atoms with van der Waals surface area (Å²) in [5.41, 5.74) is 6.17. The van der Waals surface area contributed by atoms with E-state index in [1.54, 1.807) is 24.4 Å². The SMILES string of the molecule is N#CNC(N)=Nc1cccc(C(=O)NCC=O)c1. The minimum atomic E-state index is -0.383. The fraction of sp³-hybridized carbons (Fsp3) is 0.0909. The molecular formula is C11H11N5O2. The van der Waals surface area contributed by atoms with E-state index in [4.69, 9.17) is 11.0 Å². The van der Waals surface area contributed by atoms with Gasteiger partial charge in [0.25, 0.3) is 5.91 Å². The van der Waals surface area contributed by atoms with E-state index >= 15 is 0 Å². The van der Waals surface area contributed by atoms with Crippen LogP contribution >= 0.6 is 0 Å². The first kappa shape index (κ1) is 13.2. The highest BCUT2D eigenvalue weighted by molar-refractivity contribution is 5.96. The maximum Gasteiger partial charge on any atom is 0.251 e. The maximum atomic E-state index is 11.5. The molecule has 1 rings (SSSR count). The van der Waals surface area contributed by atoms with Gasteiger partial charge in [0.2, 0.25) is 5.96 Å². The molecule has 0 fully saturated rings. The lowest BCUT2D eigenvalue weighted by molar-refractivity contribution is -0.107. The highest BCUT2D eigenvalue weighted by Gasteiger charge is 2.05. The van der Waals surface area contributed by atoms with Gasteiger partial charge in [-0.1, -0.05) is 6.07 Å². The molecule has 1 aromatic carbocycles. The van der Waals surface area contributed by atoms with E-state index in [9.17, 15) is 9.59 Å². The molecule has 4 N–H and O–H groups in total. The number of nitrogens with zero attached hydrogens (tertiary/aromatic N) is 2. The summed E-state index contributed by atoms with van der Waals surface area (Å²) in [7, 11) is 0. The van der Waals surface area contributed by atoms with Gasteiger partial charge >= 0.3 is 0 Å². The van der Waals surface area contributed by atoms with E-state index < -0.39 is 0 Å². The third-order valence-corrected chi connectivity index (χ3v) is 1.89. The fourth-order valence-corrected chi connectivity index (χ4v) is 1.18. The molecule has 0 atom stereocenters.